The molecule has 0 radical (unpaired) electrons. The van der Waals surface area contributed by atoms with E-state index in [9.17, 15) is 9.59 Å². The van der Waals surface area contributed by atoms with E-state index in [0.717, 1.165) is 19.5 Å². The lowest BCUT2D eigenvalue weighted by atomic mass is 10.3. The molecule has 23 heavy (non-hydrogen) atoms. The molecule has 8 heteroatoms. The Bertz CT molecular complexity index is 1090. The van der Waals surface area contributed by atoms with Gasteiger partial charge >= 0.3 is 11.4 Å². The first kappa shape index (κ1) is 14.0. The summed E-state index contributed by atoms with van der Waals surface area (Å²) in [5.41, 5.74) is 0.188. The number of aromatic nitrogens is 4. The first-order chi connectivity index (χ1) is 11.1. The second kappa shape index (κ2) is 5.22. The van der Waals surface area contributed by atoms with Gasteiger partial charge in [0.05, 0.1) is 15.9 Å². The molecule has 0 amide bonds. The molecule has 6 nitrogen and oxygen atoms in total. The number of hydrogen-bond acceptors (Lipinski definition) is 4. The third kappa shape index (κ3) is 2.30. The minimum Gasteiger partial charge on any atom is -0.246 e. The number of halogens is 1. The highest BCUT2D eigenvalue weighted by atomic mass is 35.5. The molecule has 0 aliphatic rings. The number of nitrogens with zero attached hydrogens (tertiary/aromatic N) is 3. The van der Waals surface area contributed by atoms with Crippen LogP contribution in [0.3, 0.4) is 0 Å². The van der Waals surface area contributed by atoms with Crippen molar-refractivity contribution < 1.29 is 0 Å². The van der Waals surface area contributed by atoms with Gasteiger partial charge in [-0.2, -0.15) is 4.68 Å². The maximum absolute atomic E-state index is 12.6. The van der Waals surface area contributed by atoms with Crippen LogP contribution in [0.2, 0.25) is 5.02 Å². The predicted molar refractivity (Wildman–Crippen MR) is 90.2 cm³/mol. The topological polar surface area (TPSA) is 72.7 Å². The Morgan fingerprint density at radius 3 is 2.52 bits per heavy atom. The van der Waals surface area contributed by atoms with Gasteiger partial charge < -0.3 is 0 Å². The maximum Gasteiger partial charge on any atom is 0.358 e. The van der Waals surface area contributed by atoms with Crippen LogP contribution in [-0.4, -0.2) is 19.3 Å². The highest BCUT2D eigenvalue weighted by Gasteiger charge is 2.15. The quantitative estimate of drug-likeness (QED) is 0.607. The normalized spacial score (nSPS) is 11.2. The average Bonchev–Trinajstić information content (AvgIpc) is 3.09. The number of fused-ring (bicyclic) bond motifs is 1. The summed E-state index contributed by atoms with van der Waals surface area (Å²) >= 11 is 7.17. The summed E-state index contributed by atoms with van der Waals surface area (Å²) in [6.07, 6.45) is 0. The summed E-state index contributed by atoms with van der Waals surface area (Å²) in [6.45, 7) is 0. The van der Waals surface area contributed by atoms with Crippen molar-refractivity contribution in [2.75, 3.05) is 0 Å². The minimum atomic E-state index is -0.531. The standard InChI is InChI=1S/C15H9ClN4O2S/c16-9-5-7-10(8-6-9)19-13(21)18-20(15(19)22)14-17-11-3-1-2-4-12(11)23-14/h1-8H,(H,18,21). The third-order valence-corrected chi connectivity index (χ3v) is 4.63. The van der Waals surface area contributed by atoms with Crippen molar-refractivity contribution in [1.82, 2.24) is 19.3 Å². The van der Waals surface area contributed by atoms with Gasteiger partial charge in [-0.3, -0.25) is 0 Å². The van der Waals surface area contributed by atoms with E-state index in [1.807, 2.05) is 24.3 Å². The Hall–Kier alpha value is -2.64. The van der Waals surface area contributed by atoms with Crippen LogP contribution in [-0.2, 0) is 0 Å². The van der Waals surface area contributed by atoms with Crippen LogP contribution in [0, 0.1) is 0 Å². The molecule has 0 atom stereocenters. The smallest absolute Gasteiger partial charge is 0.246 e. The Morgan fingerprint density at radius 2 is 1.78 bits per heavy atom. The van der Waals surface area contributed by atoms with Gasteiger partial charge in [0, 0.05) is 5.02 Å². The number of thiazole rings is 1. The molecule has 2 heterocycles. The largest absolute Gasteiger partial charge is 0.358 e. The number of benzene rings is 2. The fraction of sp³-hybridized carbons (Fsp3) is 0. The second-order valence-electron chi connectivity index (χ2n) is 4.81. The van der Waals surface area contributed by atoms with Gasteiger partial charge in [0.1, 0.15) is 0 Å². The van der Waals surface area contributed by atoms with E-state index >= 15 is 0 Å². The highest BCUT2D eigenvalue weighted by molar-refractivity contribution is 7.20. The lowest BCUT2D eigenvalue weighted by Crippen LogP contribution is -2.26. The molecule has 0 fully saturated rings. The van der Waals surface area contributed by atoms with Crippen LogP contribution in [0.5, 0.6) is 0 Å². The van der Waals surface area contributed by atoms with Crippen molar-refractivity contribution in [3.8, 4) is 10.8 Å². The number of aromatic amines is 1. The predicted octanol–water partition coefficient (Wildman–Crippen LogP) is 2.58. The molecule has 4 aromatic rings. The summed E-state index contributed by atoms with van der Waals surface area (Å²) in [6, 6.07) is 14.0. The minimum absolute atomic E-state index is 0.418. The molecule has 0 unspecified atom stereocenters. The van der Waals surface area contributed by atoms with Crippen molar-refractivity contribution in [2.24, 2.45) is 0 Å². The van der Waals surface area contributed by atoms with Gasteiger partial charge in [-0.05, 0) is 36.4 Å². The number of rotatable bonds is 2. The van der Waals surface area contributed by atoms with Crippen LogP contribution in [0.25, 0.3) is 21.0 Å². The molecule has 0 bridgehead atoms. The molecule has 0 aliphatic carbocycles. The molecule has 4 rings (SSSR count). The van der Waals surface area contributed by atoms with E-state index in [1.165, 1.54) is 11.3 Å². The SMILES string of the molecule is O=c1[nH]n(-c2nc3ccccc3s2)c(=O)n1-c1ccc(Cl)cc1. The monoisotopic (exact) mass is 344 g/mol. The summed E-state index contributed by atoms with van der Waals surface area (Å²) in [4.78, 5) is 29.1. The fourth-order valence-electron chi connectivity index (χ4n) is 2.28. The molecule has 1 N–H and O–H groups in total. The van der Waals surface area contributed by atoms with Gasteiger partial charge in [-0.25, -0.2) is 24.2 Å². The molecule has 0 saturated carbocycles. The molecule has 114 valence electrons. The Morgan fingerprint density at radius 1 is 1.04 bits per heavy atom. The zero-order chi connectivity index (χ0) is 16.0. The van der Waals surface area contributed by atoms with Crippen LogP contribution >= 0.6 is 22.9 Å². The lowest BCUT2D eigenvalue weighted by molar-refractivity contribution is 0.821. The molecular weight excluding hydrogens is 336 g/mol. The maximum atomic E-state index is 12.6. The van der Waals surface area contributed by atoms with Crippen molar-refractivity contribution in [1.29, 1.82) is 0 Å². The Balaban J connectivity index is 1.91. The zero-order valence-electron chi connectivity index (χ0n) is 11.6. The van der Waals surface area contributed by atoms with Gasteiger partial charge in [0.25, 0.3) is 0 Å². The van der Waals surface area contributed by atoms with E-state index < -0.39 is 11.4 Å². The van der Waals surface area contributed by atoms with Crippen LogP contribution in [0.15, 0.2) is 58.1 Å². The van der Waals surface area contributed by atoms with Gasteiger partial charge in [0.15, 0.2) is 0 Å². The lowest BCUT2D eigenvalue weighted by Gasteiger charge is -1.98. The van der Waals surface area contributed by atoms with Crippen molar-refractivity contribution in [2.45, 2.75) is 0 Å². The Labute approximate surface area is 138 Å². The molecular formula is C15H9ClN4O2S. The second-order valence-corrected chi connectivity index (χ2v) is 6.26. The molecule has 0 saturated heterocycles. The average molecular weight is 345 g/mol. The molecule has 2 aromatic carbocycles. The van der Waals surface area contributed by atoms with Crippen molar-refractivity contribution in [3.05, 3.63) is 74.5 Å². The van der Waals surface area contributed by atoms with E-state index in [4.69, 9.17) is 11.6 Å². The van der Waals surface area contributed by atoms with Crippen LogP contribution in [0.1, 0.15) is 0 Å². The number of H-pyrrole nitrogens is 1. The summed E-state index contributed by atoms with van der Waals surface area (Å²) in [5, 5.41) is 3.48. The fourth-order valence-corrected chi connectivity index (χ4v) is 3.33. The number of hydrogen-bond donors (Lipinski definition) is 1. The summed E-state index contributed by atoms with van der Waals surface area (Å²) in [5.74, 6) is 0. The van der Waals surface area contributed by atoms with E-state index in [2.05, 4.69) is 10.1 Å². The first-order valence-corrected chi connectivity index (χ1v) is 7.89. The first-order valence-electron chi connectivity index (χ1n) is 6.69. The molecule has 2 aromatic heterocycles. The van der Waals surface area contributed by atoms with E-state index in [-0.39, 0.29) is 0 Å². The van der Waals surface area contributed by atoms with Gasteiger partial charge in [-0.15, -0.1) is 0 Å². The van der Waals surface area contributed by atoms with Crippen molar-refractivity contribution in [3.63, 3.8) is 0 Å². The number of nitrogens with one attached hydrogen (secondary N) is 1. The zero-order valence-corrected chi connectivity index (χ0v) is 13.1. The van der Waals surface area contributed by atoms with Gasteiger partial charge in [-0.1, -0.05) is 35.1 Å². The number of para-hydroxylation sites is 1. The van der Waals surface area contributed by atoms with E-state index in [0.29, 0.717) is 15.8 Å². The van der Waals surface area contributed by atoms with Gasteiger partial charge in [0.2, 0.25) is 5.13 Å². The van der Waals surface area contributed by atoms with E-state index in [1.54, 1.807) is 24.3 Å². The Kier molecular flexibility index (Phi) is 3.17. The summed E-state index contributed by atoms with van der Waals surface area (Å²) < 4.78 is 3.14. The van der Waals surface area contributed by atoms with Crippen LogP contribution < -0.4 is 11.4 Å². The van der Waals surface area contributed by atoms with Crippen LogP contribution in [0.4, 0.5) is 0 Å². The summed E-state index contributed by atoms with van der Waals surface area (Å²) in [7, 11) is 0. The van der Waals surface area contributed by atoms with Crippen molar-refractivity contribution >= 4 is 33.2 Å². The third-order valence-electron chi connectivity index (χ3n) is 3.35. The molecule has 0 aliphatic heterocycles. The highest BCUT2D eigenvalue weighted by Crippen LogP contribution is 2.23. The molecule has 0 spiro atoms.